The number of alkyl carbamates (subject to hydrolysis) is 1. The Morgan fingerprint density at radius 3 is 2.29 bits per heavy atom. The Bertz CT molecular complexity index is 1490. The number of fused-ring (bicyclic) bond motifs is 2. The van der Waals surface area contributed by atoms with Crippen molar-refractivity contribution >= 4 is 45.0 Å². The average Bonchev–Trinajstić information content (AvgIpc) is 2.96. The third kappa shape index (κ3) is 6.19. The van der Waals surface area contributed by atoms with Crippen LogP contribution in [-0.4, -0.2) is 73.7 Å². The quantitative estimate of drug-likeness (QED) is 0.262. The van der Waals surface area contributed by atoms with Gasteiger partial charge in [-0.1, -0.05) is 11.6 Å². The first-order chi connectivity index (χ1) is 19.7. The molecule has 0 heterocycles. The molecule has 0 aromatic heterocycles. The average molecular weight is 634 g/mol. The topological polar surface area (TPSA) is 171 Å². The number of benzene rings is 2. The van der Waals surface area contributed by atoms with Crippen LogP contribution in [0.4, 0.5) is 23.7 Å². The zero-order chi connectivity index (χ0) is 31.0. The second-order valence-electron chi connectivity index (χ2n) is 10.2. The largest absolute Gasteiger partial charge is 0.453 e. The number of aliphatic hydroxyl groups is 2. The summed E-state index contributed by atoms with van der Waals surface area (Å²) in [6, 6.07) is 4.57. The van der Waals surface area contributed by atoms with Crippen LogP contribution >= 0.6 is 11.6 Å². The molecule has 2 aromatic rings. The Hall–Kier alpha value is -3.40. The van der Waals surface area contributed by atoms with E-state index < -0.39 is 80.5 Å². The lowest BCUT2D eigenvalue weighted by Crippen LogP contribution is -2.66. The molecule has 0 spiro atoms. The van der Waals surface area contributed by atoms with Crippen molar-refractivity contribution in [3.8, 4) is 0 Å². The van der Waals surface area contributed by atoms with Crippen LogP contribution in [0.5, 0.6) is 0 Å². The maximum Gasteiger partial charge on any atom is 0.406 e. The third-order valence-corrected chi connectivity index (χ3v) is 10.4. The first kappa shape index (κ1) is 31.5. The number of anilines is 1. The molecule has 3 amide bonds. The van der Waals surface area contributed by atoms with Crippen molar-refractivity contribution in [3.05, 3.63) is 58.4 Å². The summed E-state index contributed by atoms with van der Waals surface area (Å²) in [5.74, 6) is -7.53. The number of carbonyl (C=O) groups is 3. The van der Waals surface area contributed by atoms with Crippen LogP contribution in [0.2, 0.25) is 5.02 Å². The van der Waals surface area contributed by atoms with Gasteiger partial charge < -0.3 is 30.9 Å². The minimum absolute atomic E-state index is 0.0263. The van der Waals surface area contributed by atoms with Crippen LogP contribution in [0.15, 0.2) is 35.2 Å². The zero-order valence-corrected chi connectivity index (χ0v) is 23.6. The molecule has 0 radical (unpaired) electrons. The molecule has 0 aliphatic heterocycles. The van der Waals surface area contributed by atoms with E-state index in [1.165, 1.54) is 12.1 Å². The number of ether oxygens (including phenoxy) is 1. The van der Waals surface area contributed by atoms with Crippen molar-refractivity contribution < 1.29 is 50.9 Å². The molecular weight excluding hydrogens is 607 g/mol. The first-order valence-electron chi connectivity index (χ1n) is 12.7. The third-order valence-electron chi connectivity index (χ3n) is 7.73. The Morgan fingerprint density at radius 2 is 1.69 bits per heavy atom. The molecule has 42 heavy (non-hydrogen) atoms. The van der Waals surface area contributed by atoms with Gasteiger partial charge in [0.1, 0.15) is 6.10 Å². The van der Waals surface area contributed by atoms with Gasteiger partial charge in [-0.2, -0.15) is 0 Å². The number of sulfone groups is 1. The van der Waals surface area contributed by atoms with Crippen LogP contribution in [0.1, 0.15) is 29.6 Å². The highest BCUT2D eigenvalue weighted by Gasteiger charge is 2.60. The predicted octanol–water partition coefficient (Wildman–Crippen LogP) is 2.15. The van der Waals surface area contributed by atoms with E-state index in [1.54, 1.807) is 0 Å². The number of hydrogen-bond donors (Lipinski definition) is 5. The SMILES string of the molecule is COC(=O)NCC(O)C(=O)NC[C@]1(O)C2CC1C[C@@H](S(=O)(=O)c1cc(C(=O)Nc3cc(F)c(F)c(F)c3)ccc1Cl)C2. The maximum atomic E-state index is 13.6. The highest BCUT2D eigenvalue weighted by Crippen LogP contribution is 2.55. The summed E-state index contributed by atoms with van der Waals surface area (Å²) in [5.41, 5.74) is -1.99. The fraction of sp³-hybridized carbons (Fsp3) is 0.423. The molecule has 2 bridgehead atoms. The molecule has 2 aromatic carbocycles. The molecule has 3 fully saturated rings. The van der Waals surface area contributed by atoms with E-state index in [0.717, 1.165) is 13.2 Å². The summed E-state index contributed by atoms with van der Waals surface area (Å²) in [6.45, 7) is -0.663. The lowest BCUT2D eigenvalue weighted by atomic mass is 9.53. The van der Waals surface area contributed by atoms with Crippen LogP contribution in [0.25, 0.3) is 0 Å². The molecule has 0 saturated heterocycles. The molecular formula is C26H27ClF3N3O8S. The summed E-state index contributed by atoms with van der Waals surface area (Å²) in [5, 5.41) is 26.7. The summed E-state index contributed by atoms with van der Waals surface area (Å²) in [6.07, 6.45) is -1.89. The Morgan fingerprint density at radius 1 is 1.07 bits per heavy atom. The minimum atomic E-state index is -4.13. The predicted molar refractivity (Wildman–Crippen MR) is 142 cm³/mol. The zero-order valence-electron chi connectivity index (χ0n) is 22.0. The summed E-state index contributed by atoms with van der Waals surface area (Å²) in [7, 11) is -3.01. The van der Waals surface area contributed by atoms with E-state index >= 15 is 0 Å². The van der Waals surface area contributed by atoms with Gasteiger partial charge in [0.2, 0.25) is 0 Å². The Kier molecular flexibility index (Phi) is 9.06. The molecule has 16 heteroatoms. The molecule has 11 nitrogen and oxygen atoms in total. The van der Waals surface area contributed by atoms with Gasteiger partial charge in [0.25, 0.3) is 11.8 Å². The van der Waals surface area contributed by atoms with E-state index in [9.17, 15) is 46.2 Å². The Labute approximate surface area is 243 Å². The number of nitrogens with one attached hydrogen (secondary N) is 3. The van der Waals surface area contributed by atoms with E-state index in [-0.39, 0.29) is 40.6 Å². The fourth-order valence-electron chi connectivity index (χ4n) is 5.36. The number of methoxy groups -OCH3 is 1. The van der Waals surface area contributed by atoms with E-state index in [4.69, 9.17) is 11.6 Å². The number of hydrogen-bond acceptors (Lipinski definition) is 8. The summed E-state index contributed by atoms with van der Waals surface area (Å²) in [4.78, 5) is 35.6. The second-order valence-corrected chi connectivity index (χ2v) is 12.8. The minimum Gasteiger partial charge on any atom is -0.453 e. The molecule has 3 atom stereocenters. The summed E-state index contributed by atoms with van der Waals surface area (Å²) >= 11 is 6.19. The monoisotopic (exact) mass is 633 g/mol. The lowest BCUT2D eigenvalue weighted by molar-refractivity contribution is -0.175. The van der Waals surface area contributed by atoms with Crippen LogP contribution in [0.3, 0.4) is 0 Å². The van der Waals surface area contributed by atoms with Gasteiger partial charge in [0.15, 0.2) is 27.3 Å². The maximum absolute atomic E-state index is 13.6. The van der Waals surface area contributed by atoms with Crippen molar-refractivity contribution in [1.82, 2.24) is 10.6 Å². The van der Waals surface area contributed by atoms with Crippen molar-refractivity contribution in [2.24, 2.45) is 11.8 Å². The standard InChI is InChI=1S/C26H27ClF3N3O8S/c1-41-25(37)31-10-20(34)24(36)32-11-26(38)13-5-14(26)7-16(6-13)42(39,40)21-4-12(2-3-17(21)27)23(35)33-15-8-18(28)22(30)19(29)9-15/h2-4,8-9,13-14,16,20,34,38H,5-7,10-11H2,1H3,(H,31,37)(H,32,36)(H,33,35)/t13?,14?,16-,20?,26-. The van der Waals surface area contributed by atoms with Crippen molar-refractivity contribution in [2.75, 3.05) is 25.5 Å². The molecule has 3 unspecified atom stereocenters. The number of amides is 3. The van der Waals surface area contributed by atoms with Gasteiger partial charge in [-0.3, -0.25) is 9.59 Å². The number of rotatable bonds is 9. The Balaban J connectivity index is 1.42. The van der Waals surface area contributed by atoms with Gasteiger partial charge in [-0.05, 0) is 49.3 Å². The normalized spacial score (nSPS) is 23.7. The van der Waals surface area contributed by atoms with Crippen LogP contribution in [-0.2, 0) is 19.4 Å². The second kappa shape index (κ2) is 12.1. The van der Waals surface area contributed by atoms with E-state index in [1.807, 2.05) is 0 Å². The summed E-state index contributed by atoms with van der Waals surface area (Å²) < 4.78 is 71.8. The van der Waals surface area contributed by atoms with Gasteiger partial charge in [-0.25, -0.2) is 26.4 Å². The van der Waals surface area contributed by atoms with Gasteiger partial charge in [-0.15, -0.1) is 0 Å². The molecule has 5 rings (SSSR count). The van der Waals surface area contributed by atoms with Gasteiger partial charge in [0.05, 0.1) is 34.4 Å². The van der Waals surface area contributed by atoms with E-state index in [0.29, 0.717) is 18.6 Å². The van der Waals surface area contributed by atoms with Gasteiger partial charge in [0, 0.05) is 29.9 Å². The highest BCUT2D eigenvalue weighted by molar-refractivity contribution is 7.92. The number of aliphatic hydroxyl groups excluding tert-OH is 1. The van der Waals surface area contributed by atoms with Gasteiger partial charge >= 0.3 is 6.09 Å². The van der Waals surface area contributed by atoms with E-state index in [2.05, 4.69) is 20.7 Å². The molecule has 3 aliphatic carbocycles. The number of carbonyl (C=O) groups excluding carboxylic acids is 3. The van der Waals surface area contributed by atoms with Crippen molar-refractivity contribution in [2.45, 2.75) is 41.1 Å². The molecule has 3 aliphatic rings. The fourth-order valence-corrected chi connectivity index (χ4v) is 7.76. The molecule has 5 N–H and O–H groups in total. The first-order valence-corrected chi connectivity index (χ1v) is 14.6. The molecule has 3 saturated carbocycles. The highest BCUT2D eigenvalue weighted by atomic mass is 35.5. The van der Waals surface area contributed by atoms with Crippen LogP contribution in [0, 0.1) is 29.3 Å². The van der Waals surface area contributed by atoms with Crippen molar-refractivity contribution in [1.29, 1.82) is 0 Å². The smallest absolute Gasteiger partial charge is 0.406 e. The number of halogens is 4. The lowest BCUT2D eigenvalue weighted by Gasteiger charge is -2.58. The van der Waals surface area contributed by atoms with Crippen LogP contribution < -0.4 is 16.0 Å². The molecule has 228 valence electrons. The van der Waals surface area contributed by atoms with Crippen molar-refractivity contribution in [3.63, 3.8) is 0 Å².